The molecule has 0 aromatic heterocycles. The lowest BCUT2D eigenvalue weighted by molar-refractivity contribution is 0.189. The molecular formula is C19H24N2. The Labute approximate surface area is 127 Å². The average Bonchev–Trinajstić information content (AvgIpc) is 3.38. The molecule has 1 saturated heterocycles. The van der Waals surface area contributed by atoms with Crippen molar-refractivity contribution in [1.29, 1.82) is 0 Å². The Balaban J connectivity index is 1.33. The highest BCUT2D eigenvalue weighted by Gasteiger charge is 2.31. The van der Waals surface area contributed by atoms with Crippen molar-refractivity contribution >= 4 is 10.8 Å². The van der Waals surface area contributed by atoms with Crippen LogP contribution in [0.3, 0.4) is 0 Å². The van der Waals surface area contributed by atoms with Gasteiger partial charge in [0.2, 0.25) is 0 Å². The first-order valence-corrected chi connectivity index (χ1v) is 8.33. The third-order valence-electron chi connectivity index (χ3n) is 5.00. The zero-order chi connectivity index (χ0) is 14.1. The molecule has 2 fully saturated rings. The van der Waals surface area contributed by atoms with E-state index in [0.717, 1.165) is 12.6 Å². The minimum absolute atomic E-state index is 0.700. The van der Waals surface area contributed by atoms with E-state index >= 15 is 0 Å². The van der Waals surface area contributed by atoms with Crippen LogP contribution in [0.4, 0.5) is 0 Å². The lowest BCUT2D eigenvalue weighted by Gasteiger charge is -2.32. The van der Waals surface area contributed by atoms with Crippen LogP contribution in [0.25, 0.3) is 10.8 Å². The summed E-state index contributed by atoms with van der Waals surface area (Å²) in [6, 6.07) is 17.1. The molecule has 2 nitrogen and oxygen atoms in total. The molecule has 2 aliphatic rings. The minimum Gasteiger partial charge on any atom is -0.310 e. The molecule has 2 heteroatoms. The number of rotatable bonds is 4. The van der Waals surface area contributed by atoms with E-state index in [2.05, 4.69) is 52.7 Å². The number of nitrogens with one attached hydrogen (secondary N) is 1. The van der Waals surface area contributed by atoms with Crippen LogP contribution in [0.2, 0.25) is 0 Å². The second-order valence-electron chi connectivity index (χ2n) is 6.60. The van der Waals surface area contributed by atoms with Gasteiger partial charge in [-0.1, -0.05) is 36.4 Å². The van der Waals surface area contributed by atoms with Gasteiger partial charge in [0.15, 0.2) is 0 Å². The van der Waals surface area contributed by atoms with Crippen LogP contribution in [0.15, 0.2) is 42.5 Å². The van der Waals surface area contributed by atoms with E-state index in [1.54, 1.807) is 0 Å². The van der Waals surface area contributed by atoms with Crippen molar-refractivity contribution in [3.8, 4) is 0 Å². The molecule has 1 N–H and O–H groups in total. The van der Waals surface area contributed by atoms with Gasteiger partial charge in [0.25, 0.3) is 0 Å². The third kappa shape index (κ3) is 3.12. The van der Waals surface area contributed by atoms with Gasteiger partial charge >= 0.3 is 0 Å². The van der Waals surface area contributed by atoms with E-state index in [9.17, 15) is 0 Å². The highest BCUT2D eigenvalue weighted by Crippen LogP contribution is 2.29. The van der Waals surface area contributed by atoms with Crippen molar-refractivity contribution < 1.29 is 0 Å². The van der Waals surface area contributed by atoms with Gasteiger partial charge in [0.1, 0.15) is 0 Å². The van der Waals surface area contributed by atoms with E-state index in [-0.39, 0.29) is 0 Å². The smallest absolute Gasteiger partial charge is 0.0208 e. The zero-order valence-corrected chi connectivity index (χ0v) is 12.6. The maximum atomic E-state index is 3.76. The first-order chi connectivity index (χ1) is 10.4. The van der Waals surface area contributed by atoms with Gasteiger partial charge in [0.05, 0.1) is 0 Å². The fourth-order valence-corrected chi connectivity index (χ4v) is 3.52. The molecule has 1 aliphatic carbocycles. The van der Waals surface area contributed by atoms with Crippen LogP contribution in [-0.2, 0) is 6.54 Å². The Kier molecular flexibility index (Phi) is 3.66. The second kappa shape index (κ2) is 5.78. The van der Waals surface area contributed by atoms with E-state index in [4.69, 9.17) is 0 Å². The number of nitrogens with zero attached hydrogens (tertiary/aromatic N) is 1. The van der Waals surface area contributed by atoms with Crippen LogP contribution >= 0.6 is 0 Å². The van der Waals surface area contributed by atoms with Gasteiger partial charge in [-0.05, 0) is 61.2 Å². The summed E-state index contributed by atoms with van der Waals surface area (Å²) in [6.07, 6.45) is 5.50. The molecule has 1 heterocycles. The fourth-order valence-electron chi connectivity index (χ4n) is 3.52. The van der Waals surface area contributed by atoms with E-state index in [1.807, 2.05) is 0 Å². The highest BCUT2D eigenvalue weighted by molar-refractivity contribution is 5.82. The molecule has 2 aromatic carbocycles. The minimum atomic E-state index is 0.700. The van der Waals surface area contributed by atoms with Crippen LogP contribution < -0.4 is 5.32 Å². The largest absolute Gasteiger partial charge is 0.310 e. The van der Waals surface area contributed by atoms with Crippen LogP contribution in [0, 0.1) is 0 Å². The van der Waals surface area contributed by atoms with Gasteiger partial charge in [-0.15, -0.1) is 0 Å². The average molecular weight is 280 g/mol. The van der Waals surface area contributed by atoms with Gasteiger partial charge in [-0.3, -0.25) is 0 Å². The topological polar surface area (TPSA) is 15.3 Å². The summed E-state index contributed by atoms with van der Waals surface area (Å²) >= 11 is 0. The number of fused-ring (bicyclic) bond motifs is 1. The third-order valence-corrected chi connectivity index (χ3v) is 5.00. The Bertz CT molecular complexity index is 610. The highest BCUT2D eigenvalue weighted by atomic mass is 15.2. The van der Waals surface area contributed by atoms with Crippen molar-refractivity contribution in [1.82, 2.24) is 10.2 Å². The molecule has 1 aliphatic heterocycles. The van der Waals surface area contributed by atoms with Gasteiger partial charge in [-0.2, -0.15) is 0 Å². The van der Waals surface area contributed by atoms with Crippen molar-refractivity contribution in [3.63, 3.8) is 0 Å². The fraction of sp³-hybridized carbons (Fsp3) is 0.474. The standard InChI is InChI=1S/C19H24N2/c1-2-4-17-13-15(5-6-16(17)3-1)14-20-18-9-11-21(12-10-18)19-7-8-19/h1-6,13,18-20H,7-12,14H2. The molecule has 1 saturated carbocycles. The van der Waals surface area contributed by atoms with Crippen molar-refractivity contribution in [3.05, 3.63) is 48.0 Å². The second-order valence-corrected chi connectivity index (χ2v) is 6.60. The molecule has 2 aromatic rings. The monoisotopic (exact) mass is 280 g/mol. The van der Waals surface area contributed by atoms with Crippen LogP contribution in [0.5, 0.6) is 0 Å². The Morgan fingerprint density at radius 3 is 2.43 bits per heavy atom. The summed E-state index contributed by atoms with van der Waals surface area (Å²) in [5, 5.41) is 6.44. The molecule has 110 valence electrons. The van der Waals surface area contributed by atoms with Crippen molar-refractivity contribution in [2.45, 2.75) is 44.3 Å². The summed E-state index contributed by atoms with van der Waals surface area (Å²) in [5.41, 5.74) is 1.40. The van der Waals surface area contributed by atoms with Gasteiger partial charge in [-0.25, -0.2) is 0 Å². The number of likely N-dealkylation sites (tertiary alicyclic amines) is 1. The SMILES string of the molecule is c1ccc2cc(CNC3CCN(C4CC4)CC3)ccc2c1. The first-order valence-electron chi connectivity index (χ1n) is 8.33. The molecule has 0 atom stereocenters. The normalized spacial score (nSPS) is 21.0. The van der Waals surface area contributed by atoms with E-state index in [1.165, 1.54) is 55.1 Å². The van der Waals surface area contributed by atoms with Gasteiger partial charge in [0, 0.05) is 18.6 Å². The maximum absolute atomic E-state index is 3.76. The van der Waals surface area contributed by atoms with Crippen LogP contribution in [-0.4, -0.2) is 30.1 Å². The molecule has 0 spiro atoms. The number of benzene rings is 2. The van der Waals surface area contributed by atoms with E-state index < -0.39 is 0 Å². The molecule has 0 amide bonds. The number of hydrogen-bond donors (Lipinski definition) is 1. The molecule has 0 unspecified atom stereocenters. The van der Waals surface area contributed by atoms with Crippen molar-refractivity contribution in [2.75, 3.05) is 13.1 Å². The lowest BCUT2D eigenvalue weighted by atomic mass is 10.0. The predicted octanol–water partition coefficient (Wildman–Crippen LogP) is 3.56. The number of hydrogen-bond acceptors (Lipinski definition) is 2. The lowest BCUT2D eigenvalue weighted by Crippen LogP contribution is -2.43. The van der Waals surface area contributed by atoms with E-state index in [0.29, 0.717) is 6.04 Å². The molecule has 0 bridgehead atoms. The Morgan fingerprint density at radius 2 is 1.67 bits per heavy atom. The Hall–Kier alpha value is -1.38. The number of piperidine rings is 1. The summed E-state index contributed by atoms with van der Waals surface area (Å²) in [4.78, 5) is 2.69. The first kappa shape index (κ1) is 13.3. The zero-order valence-electron chi connectivity index (χ0n) is 12.6. The maximum Gasteiger partial charge on any atom is 0.0208 e. The molecule has 0 radical (unpaired) electrons. The summed E-state index contributed by atoms with van der Waals surface area (Å²) in [7, 11) is 0. The Morgan fingerprint density at radius 1 is 0.905 bits per heavy atom. The summed E-state index contributed by atoms with van der Waals surface area (Å²) in [5.74, 6) is 0. The molecular weight excluding hydrogens is 256 g/mol. The predicted molar refractivity (Wildman–Crippen MR) is 88.4 cm³/mol. The molecule has 4 rings (SSSR count). The summed E-state index contributed by atoms with van der Waals surface area (Å²) < 4.78 is 0. The van der Waals surface area contributed by atoms with Crippen molar-refractivity contribution in [2.24, 2.45) is 0 Å². The molecule has 21 heavy (non-hydrogen) atoms. The van der Waals surface area contributed by atoms with Crippen LogP contribution in [0.1, 0.15) is 31.2 Å². The summed E-state index contributed by atoms with van der Waals surface area (Å²) in [6.45, 7) is 3.58. The quantitative estimate of drug-likeness (QED) is 0.921. The van der Waals surface area contributed by atoms with Gasteiger partial charge < -0.3 is 10.2 Å².